The summed E-state index contributed by atoms with van der Waals surface area (Å²) >= 11 is 0. The van der Waals surface area contributed by atoms with Crippen LogP contribution in [0.2, 0.25) is 0 Å². The van der Waals surface area contributed by atoms with Crippen LogP contribution in [0, 0.1) is 0 Å². The number of fused-ring (bicyclic) bond motifs is 9. The van der Waals surface area contributed by atoms with Gasteiger partial charge in [0.2, 0.25) is 0 Å². The average molecular weight is 808 g/mol. The van der Waals surface area contributed by atoms with Gasteiger partial charge < -0.3 is 13.3 Å². The van der Waals surface area contributed by atoms with Gasteiger partial charge in [-0.3, -0.25) is 9.97 Å². The zero-order chi connectivity index (χ0) is 41.4. The largest absolute Gasteiger partial charge is 0.456 e. The quantitative estimate of drug-likeness (QED) is 0.166. The lowest BCUT2D eigenvalue weighted by molar-refractivity contribution is 0.668. The Morgan fingerprint density at radius 1 is 0.270 bits per heavy atom. The first kappa shape index (κ1) is 35.2. The third-order valence-corrected chi connectivity index (χ3v) is 12.3. The molecule has 0 unspecified atom stereocenters. The highest BCUT2D eigenvalue weighted by molar-refractivity contribution is 6.07. The molecule has 0 fully saturated rings. The van der Waals surface area contributed by atoms with E-state index in [1.807, 2.05) is 48.8 Å². The van der Waals surface area contributed by atoms with E-state index < -0.39 is 0 Å². The molecule has 0 radical (unpaired) electrons. The van der Waals surface area contributed by atoms with Crippen LogP contribution in [0.5, 0.6) is 0 Å². The van der Waals surface area contributed by atoms with E-state index in [4.69, 9.17) is 18.2 Å². The molecule has 0 bridgehead atoms. The predicted octanol–water partition coefficient (Wildman–Crippen LogP) is 15.6. The number of nitrogens with zero attached hydrogens (tertiary/aromatic N) is 3. The Morgan fingerprint density at radius 2 is 0.619 bits per heavy atom. The van der Waals surface area contributed by atoms with Crippen LogP contribution >= 0.6 is 0 Å². The van der Waals surface area contributed by atoms with E-state index >= 15 is 0 Å². The lowest BCUT2D eigenvalue weighted by Crippen LogP contribution is -1.86. The standard InChI is InChI=1S/C57H33N3O3/c1-5-34(25-37(8-1)41-13-17-51-45(29-41)48-32-58-23-21-54(48)61-51)35-6-2-10-39(26-35)43-15-19-53-47(31-43)57-56(63-53)20-16-50(60-57)44-12-4-11-40(28-44)36-7-3-9-38(27-36)42-14-18-52-46(30-42)49-33-59-24-22-55(49)62-52/h1-33H. The van der Waals surface area contributed by atoms with Crippen LogP contribution in [0.15, 0.2) is 214 Å². The summed E-state index contributed by atoms with van der Waals surface area (Å²) in [5.41, 5.74) is 19.0. The molecule has 0 saturated heterocycles. The molecule has 13 aromatic rings. The molecule has 0 spiro atoms. The van der Waals surface area contributed by atoms with E-state index in [0.29, 0.717) is 0 Å². The minimum atomic E-state index is 0.761. The van der Waals surface area contributed by atoms with Crippen molar-refractivity contribution in [1.29, 1.82) is 0 Å². The Kier molecular flexibility index (Phi) is 7.80. The Morgan fingerprint density at radius 3 is 1.10 bits per heavy atom. The van der Waals surface area contributed by atoms with Crippen molar-refractivity contribution in [3.8, 4) is 66.9 Å². The molecule has 294 valence electrons. The third kappa shape index (κ3) is 5.99. The Labute approximate surface area is 360 Å². The van der Waals surface area contributed by atoms with Gasteiger partial charge in [0.15, 0.2) is 5.58 Å². The zero-order valence-corrected chi connectivity index (χ0v) is 33.6. The smallest absolute Gasteiger partial charge is 0.153 e. The van der Waals surface area contributed by atoms with Crippen molar-refractivity contribution in [3.05, 3.63) is 201 Å². The van der Waals surface area contributed by atoms with Crippen molar-refractivity contribution < 1.29 is 13.3 Å². The van der Waals surface area contributed by atoms with E-state index in [1.165, 1.54) is 0 Å². The molecule has 0 amide bonds. The van der Waals surface area contributed by atoms with Gasteiger partial charge in [-0.15, -0.1) is 0 Å². The van der Waals surface area contributed by atoms with Gasteiger partial charge in [-0.1, -0.05) is 91.0 Å². The average Bonchev–Trinajstić information content (AvgIpc) is 4.04. The number of hydrogen-bond acceptors (Lipinski definition) is 6. The molecule has 0 aliphatic rings. The first-order chi connectivity index (χ1) is 31.1. The molecule has 6 aromatic heterocycles. The van der Waals surface area contributed by atoms with Crippen LogP contribution < -0.4 is 0 Å². The second kappa shape index (κ2) is 14.0. The SMILES string of the molecule is c1cc(-c2cccc(-c3ccc4oc5ccc(-c6cccc(-c7cccc(-c8ccc9oc%10ccncc%10c9c8)c7)c6)nc5c4c3)c2)cc(-c2ccc3oc4ccncc4c3c2)c1. The van der Waals surface area contributed by atoms with Gasteiger partial charge in [0.05, 0.1) is 5.69 Å². The van der Waals surface area contributed by atoms with Gasteiger partial charge in [0, 0.05) is 57.3 Å². The highest BCUT2D eigenvalue weighted by Crippen LogP contribution is 2.38. The van der Waals surface area contributed by atoms with Crippen molar-refractivity contribution in [3.63, 3.8) is 0 Å². The molecule has 63 heavy (non-hydrogen) atoms. The summed E-state index contributed by atoms with van der Waals surface area (Å²) in [5, 5.41) is 5.15. The molecule has 6 nitrogen and oxygen atoms in total. The summed E-state index contributed by atoms with van der Waals surface area (Å²) in [6.45, 7) is 0. The summed E-state index contributed by atoms with van der Waals surface area (Å²) in [6.07, 6.45) is 7.26. The van der Waals surface area contributed by atoms with Gasteiger partial charge in [-0.25, -0.2) is 4.98 Å². The molecule has 13 rings (SSSR count). The molecular formula is C57H33N3O3. The fourth-order valence-electron chi connectivity index (χ4n) is 9.08. The van der Waals surface area contributed by atoms with Crippen LogP contribution in [-0.4, -0.2) is 15.0 Å². The summed E-state index contributed by atoms with van der Waals surface area (Å²) in [6, 6.07) is 61.7. The van der Waals surface area contributed by atoms with E-state index in [0.717, 1.165) is 133 Å². The van der Waals surface area contributed by atoms with Crippen molar-refractivity contribution in [2.45, 2.75) is 0 Å². The number of pyridine rings is 3. The number of benzene rings is 7. The minimum absolute atomic E-state index is 0.761. The summed E-state index contributed by atoms with van der Waals surface area (Å²) < 4.78 is 18.5. The highest BCUT2D eigenvalue weighted by atomic mass is 16.3. The Balaban J connectivity index is 0.813. The second-order valence-electron chi connectivity index (χ2n) is 16.0. The van der Waals surface area contributed by atoms with Crippen LogP contribution in [0.25, 0.3) is 133 Å². The van der Waals surface area contributed by atoms with Gasteiger partial charge >= 0.3 is 0 Å². The number of furan rings is 3. The first-order valence-electron chi connectivity index (χ1n) is 20.9. The summed E-state index contributed by atoms with van der Waals surface area (Å²) in [5.74, 6) is 0. The highest BCUT2D eigenvalue weighted by Gasteiger charge is 2.15. The van der Waals surface area contributed by atoms with E-state index in [1.54, 1.807) is 12.4 Å². The molecule has 0 N–H and O–H groups in total. The van der Waals surface area contributed by atoms with Crippen molar-refractivity contribution in [2.75, 3.05) is 0 Å². The van der Waals surface area contributed by atoms with Crippen LogP contribution in [0.4, 0.5) is 0 Å². The number of rotatable bonds is 6. The molecule has 7 aromatic carbocycles. The third-order valence-electron chi connectivity index (χ3n) is 12.3. The maximum Gasteiger partial charge on any atom is 0.153 e. The predicted molar refractivity (Wildman–Crippen MR) is 254 cm³/mol. The van der Waals surface area contributed by atoms with Crippen molar-refractivity contribution >= 4 is 65.9 Å². The van der Waals surface area contributed by atoms with E-state index in [9.17, 15) is 0 Å². The van der Waals surface area contributed by atoms with Crippen LogP contribution in [-0.2, 0) is 0 Å². The van der Waals surface area contributed by atoms with Gasteiger partial charge in [-0.2, -0.15) is 0 Å². The normalized spacial score (nSPS) is 11.8. The van der Waals surface area contributed by atoms with Crippen molar-refractivity contribution in [1.82, 2.24) is 15.0 Å². The van der Waals surface area contributed by atoms with Crippen molar-refractivity contribution in [2.24, 2.45) is 0 Å². The topological polar surface area (TPSA) is 78.1 Å². The van der Waals surface area contributed by atoms with Gasteiger partial charge in [0.1, 0.15) is 33.4 Å². The fourth-order valence-corrected chi connectivity index (χ4v) is 9.08. The Bertz CT molecular complexity index is 3690. The monoisotopic (exact) mass is 807 g/mol. The summed E-state index contributed by atoms with van der Waals surface area (Å²) in [4.78, 5) is 13.9. The molecule has 0 aliphatic heterocycles. The Hall–Kier alpha value is -8.61. The maximum atomic E-state index is 6.34. The fraction of sp³-hybridized carbons (Fsp3) is 0. The molecule has 6 heteroatoms. The number of aromatic nitrogens is 3. The van der Waals surface area contributed by atoms with Gasteiger partial charge in [0.25, 0.3) is 0 Å². The minimum Gasteiger partial charge on any atom is -0.456 e. The maximum absolute atomic E-state index is 6.34. The molecule has 6 heterocycles. The second-order valence-corrected chi connectivity index (χ2v) is 16.0. The first-order valence-corrected chi connectivity index (χ1v) is 20.9. The van der Waals surface area contributed by atoms with Crippen LogP contribution in [0.3, 0.4) is 0 Å². The van der Waals surface area contributed by atoms with Gasteiger partial charge in [-0.05, 0) is 141 Å². The zero-order valence-electron chi connectivity index (χ0n) is 33.6. The number of hydrogen-bond donors (Lipinski definition) is 0. The molecule has 0 atom stereocenters. The molecule has 0 aliphatic carbocycles. The lowest BCUT2D eigenvalue weighted by atomic mass is 9.95. The van der Waals surface area contributed by atoms with Crippen LogP contribution in [0.1, 0.15) is 0 Å². The lowest BCUT2D eigenvalue weighted by Gasteiger charge is -2.09. The summed E-state index contributed by atoms with van der Waals surface area (Å²) in [7, 11) is 0. The van der Waals surface area contributed by atoms with E-state index in [2.05, 4.69) is 149 Å². The molecular weight excluding hydrogens is 775 g/mol. The molecule has 0 saturated carbocycles. The van der Waals surface area contributed by atoms with E-state index in [-0.39, 0.29) is 0 Å².